The summed E-state index contributed by atoms with van der Waals surface area (Å²) in [7, 11) is 1.65. The highest BCUT2D eigenvalue weighted by Gasteiger charge is 2.39. The summed E-state index contributed by atoms with van der Waals surface area (Å²) >= 11 is 0. The van der Waals surface area contributed by atoms with Crippen LogP contribution in [0.3, 0.4) is 0 Å². The maximum atomic E-state index is 13.2. The Bertz CT molecular complexity index is 1060. The molecule has 0 saturated carbocycles. The molecule has 2 atom stereocenters. The van der Waals surface area contributed by atoms with Crippen LogP contribution in [-0.4, -0.2) is 32.6 Å². The molecule has 1 aromatic carbocycles. The van der Waals surface area contributed by atoms with Gasteiger partial charge in [-0.25, -0.2) is 4.68 Å². The Kier molecular flexibility index (Phi) is 3.93. The Labute approximate surface area is 162 Å². The molecule has 0 spiro atoms. The zero-order chi connectivity index (χ0) is 19.1. The summed E-state index contributed by atoms with van der Waals surface area (Å²) in [6, 6.07) is 11.5. The average molecular weight is 373 g/mol. The van der Waals surface area contributed by atoms with Crippen LogP contribution in [0.4, 0.5) is 5.95 Å². The van der Waals surface area contributed by atoms with E-state index in [4.69, 9.17) is 4.74 Å². The first kappa shape index (κ1) is 16.7. The second-order valence-electron chi connectivity index (χ2n) is 7.04. The molecule has 2 aromatic heterocycles. The number of aromatic nitrogens is 4. The molecule has 0 amide bonds. The molecule has 1 N–H and O–H groups in total. The molecule has 1 aliphatic heterocycles. The van der Waals surface area contributed by atoms with Gasteiger partial charge in [0.1, 0.15) is 18.1 Å². The number of nitrogens with zero attached hydrogens (tertiary/aromatic N) is 4. The van der Waals surface area contributed by atoms with E-state index in [1.165, 1.54) is 6.33 Å². The number of nitrogens with one attached hydrogen (secondary N) is 1. The molecular weight excluding hydrogens is 354 g/mol. The number of ketones is 1. The molecule has 1 aliphatic carbocycles. The van der Waals surface area contributed by atoms with Gasteiger partial charge in [-0.2, -0.15) is 10.1 Å². The molecule has 5 rings (SSSR count). The number of hydrogen-bond acceptors (Lipinski definition) is 6. The van der Waals surface area contributed by atoms with Crippen LogP contribution in [0.15, 0.2) is 66.4 Å². The summed E-state index contributed by atoms with van der Waals surface area (Å²) in [5.74, 6) is 1.71. The van der Waals surface area contributed by atoms with Gasteiger partial charge in [-0.3, -0.25) is 9.78 Å². The summed E-state index contributed by atoms with van der Waals surface area (Å²) in [4.78, 5) is 21.8. The van der Waals surface area contributed by atoms with Crippen molar-refractivity contribution in [1.82, 2.24) is 19.7 Å². The van der Waals surface area contributed by atoms with Crippen LogP contribution in [0, 0.1) is 0 Å². The van der Waals surface area contributed by atoms with E-state index in [1.807, 2.05) is 36.4 Å². The lowest BCUT2D eigenvalue weighted by Gasteiger charge is -2.35. The molecule has 7 nitrogen and oxygen atoms in total. The summed E-state index contributed by atoms with van der Waals surface area (Å²) < 4.78 is 7.01. The molecule has 140 valence electrons. The molecule has 7 heteroatoms. The van der Waals surface area contributed by atoms with Crippen LogP contribution in [0.25, 0.3) is 0 Å². The number of benzene rings is 1. The van der Waals surface area contributed by atoms with Gasteiger partial charge in [0.25, 0.3) is 0 Å². The van der Waals surface area contributed by atoms with E-state index in [-0.39, 0.29) is 17.7 Å². The van der Waals surface area contributed by atoms with Crippen LogP contribution in [0.1, 0.15) is 35.9 Å². The van der Waals surface area contributed by atoms with Crippen LogP contribution in [0.5, 0.6) is 5.75 Å². The van der Waals surface area contributed by atoms with E-state index in [2.05, 4.69) is 20.4 Å². The molecule has 0 saturated heterocycles. The summed E-state index contributed by atoms with van der Waals surface area (Å²) in [5, 5.41) is 7.69. The number of methoxy groups -OCH3 is 1. The van der Waals surface area contributed by atoms with Crippen LogP contribution in [-0.2, 0) is 4.79 Å². The van der Waals surface area contributed by atoms with Crippen molar-refractivity contribution in [1.29, 1.82) is 0 Å². The number of allylic oxidation sites excluding steroid dienone is 2. The standard InChI is InChI=1S/C21H19N5O2/c1-28-16-6-4-13(5-7-16)15-9-17-19(18(27)10-15)20(14-3-2-8-22-11-14)26-21(25-17)23-12-24-26/h2-8,11-12,15,20H,9-10H2,1H3,(H,23,24,25)/t15-,20+/m0/s1. The molecule has 28 heavy (non-hydrogen) atoms. The zero-order valence-corrected chi connectivity index (χ0v) is 15.4. The first-order chi connectivity index (χ1) is 13.7. The van der Waals surface area contributed by atoms with Crippen molar-refractivity contribution in [2.24, 2.45) is 0 Å². The van der Waals surface area contributed by atoms with Gasteiger partial charge < -0.3 is 10.1 Å². The van der Waals surface area contributed by atoms with E-state index < -0.39 is 0 Å². The third kappa shape index (κ3) is 2.67. The first-order valence-electron chi connectivity index (χ1n) is 9.21. The summed E-state index contributed by atoms with van der Waals surface area (Å²) in [5.41, 5.74) is 3.74. The number of Topliss-reactive ketones (excluding diaryl/α,β-unsaturated/α-hetero) is 1. The first-order valence-corrected chi connectivity index (χ1v) is 9.21. The van der Waals surface area contributed by atoms with Gasteiger partial charge in [-0.05, 0) is 41.7 Å². The molecule has 3 heterocycles. The summed E-state index contributed by atoms with van der Waals surface area (Å²) in [6.45, 7) is 0. The van der Waals surface area contributed by atoms with Gasteiger partial charge in [-0.1, -0.05) is 18.2 Å². The van der Waals surface area contributed by atoms with Crippen molar-refractivity contribution in [2.75, 3.05) is 12.4 Å². The maximum Gasteiger partial charge on any atom is 0.226 e. The van der Waals surface area contributed by atoms with Crippen molar-refractivity contribution in [3.63, 3.8) is 0 Å². The quantitative estimate of drug-likeness (QED) is 0.760. The van der Waals surface area contributed by atoms with Crippen molar-refractivity contribution in [3.05, 3.63) is 77.5 Å². The van der Waals surface area contributed by atoms with Crippen molar-refractivity contribution < 1.29 is 9.53 Å². The fraction of sp³-hybridized carbons (Fsp3) is 0.238. The fourth-order valence-corrected chi connectivity index (χ4v) is 4.11. The van der Waals surface area contributed by atoms with Crippen molar-refractivity contribution in [3.8, 4) is 5.75 Å². The Morgan fingerprint density at radius 2 is 2.00 bits per heavy atom. The van der Waals surface area contributed by atoms with E-state index in [1.54, 1.807) is 24.2 Å². The fourth-order valence-electron chi connectivity index (χ4n) is 4.11. The number of carbonyl (C=O) groups is 1. The molecule has 0 fully saturated rings. The number of fused-ring (bicyclic) bond motifs is 1. The highest BCUT2D eigenvalue weighted by atomic mass is 16.5. The van der Waals surface area contributed by atoms with E-state index >= 15 is 0 Å². The van der Waals surface area contributed by atoms with Gasteiger partial charge in [0.05, 0.1) is 7.11 Å². The Hall–Kier alpha value is -3.48. The maximum absolute atomic E-state index is 13.2. The molecule has 2 aliphatic rings. The smallest absolute Gasteiger partial charge is 0.226 e. The SMILES string of the molecule is COc1ccc([C@@H]2CC(=O)C3=C(C2)Nc2ncnn2[C@@H]3c2cccnc2)cc1. The molecule has 0 unspecified atom stereocenters. The number of pyridine rings is 1. The van der Waals surface area contributed by atoms with E-state index in [9.17, 15) is 4.79 Å². The van der Waals surface area contributed by atoms with Crippen LogP contribution >= 0.6 is 0 Å². The Balaban J connectivity index is 1.55. The van der Waals surface area contributed by atoms with Gasteiger partial charge in [0, 0.05) is 30.1 Å². The minimum absolute atomic E-state index is 0.119. The van der Waals surface area contributed by atoms with Crippen molar-refractivity contribution in [2.45, 2.75) is 24.8 Å². The van der Waals surface area contributed by atoms with Crippen LogP contribution < -0.4 is 10.1 Å². The number of rotatable bonds is 3. The lowest BCUT2D eigenvalue weighted by molar-refractivity contribution is -0.116. The monoisotopic (exact) mass is 373 g/mol. The minimum Gasteiger partial charge on any atom is -0.497 e. The number of ether oxygens (including phenoxy) is 1. The van der Waals surface area contributed by atoms with Gasteiger partial charge in [0.2, 0.25) is 5.95 Å². The molecule has 0 radical (unpaired) electrons. The number of hydrogen-bond donors (Lipinski definition) is 1. The number of anilines is 1. The van der Waals surface area contributed by atoms with Gasteiger partial charge in [0.15, 0.2) is 5.78 Å². The lowest BCUT2D eigenvalue weighted by atomic mass is 9.78. The normalized spacial score (nSPS) is 21.0. The molecule has 0 bridgehead atoms. The van der Waals surface area contributed by atoms with Gasteiger partial charge >= 0.3 is 0 Å². The Morgan fingerprint density at radius 3 is 2.75 bits per heavy atom. The lowest BCUT2D eigenvalue weighted by Crippen LogP contribution is -2.33. The minimum atomic E-state index is -0.299. The largest absolute Gasteiger partial charge is 0.497 e. The predicted molar refractivity (Wildman–Crippen MR) is 103 cm³/mol. The third-order valence-corrected chi connectivity index (χ3v) is 5.45. The predicted octanol–water partition coefficient (Wildman–Crippen LogP) is 3.10. The molecular formula is C21H19N5O2. The van der Waals surface area contributed by atoms with E-state index in [0.29, 0.717) is 12.4 Å². The van der Waals surface area contributed by atoms with Gasteiger partial charge in [-0.15, -0.1) is 0 Å². The molecule has 3 aromatic rings. The number of carbonyl (C=O) groups excluding carboxylic acids is 1. The highest BCUT2D eigenvalue weighted by molar-refractivity contribution is 6.00. The van der Waals surface area contributed by atoms with E-state index in [0.717, 1.165) is 34.6 Å². The second-order valence-corrected chi connectivity index (χ2v) is 7.04. The zero-order valence-electron chi connectivity index (χ0n) is 15.4. The summed E-state index contributed by atoms with van der Waals surface area (Å²) in [6.07, 6.45) is 6.24. The Morgan fingerprint density at radius 1 is 1.14 bits per heavy atom. The average Bonchev–Trinajstić information content (AvgIpc) is 3.21. The third-order valence-electron chi connectivity index (χ3n) is 5.45. The van der Waals surface area contributed by atoms with Crippen LogP contribution in [0.2, 0.25) is 0 Å². The second kappa shape index (κ2) is 6.60. The topological polar surface area (TPSA) is 81.9 Å². The highest BCUT2D eigenvalue weighted by Crippen LogP contribution is 2.43. The van der Waals surface area contributed by atoms with Crippen molar-refractivity contribution >= 4 is 11.7 Å².